The van der Waals surface area contributed by atoms with Gasteiger partial charge in [-0.2, -0.15) is 0 Å². The van der Waals surface area contributed by atoms with Gasteiger partial charge in [-0.25, -0.2) is 4.68 Å². The lowest BCUT2D eigenvalue weighted by Crippen LogP contribution is -2.19. The molecule has 128 valence electrons. The molecule has 1 aromatic heterocycles. The minimum atomic E-state index is -0.157. The standard InChI is InChI=1S/C16H20ClN5OS/c17-12-8-4-5-9-13(12)19-14(23)10-24-16-21-20-15(22(16)18)11-6-2-1-3-7-11/h4-5,8-9,11H,1-3,6-7,10,18H2,(H,19,23). The Hall–Kier alpha value is -1.73. The molecule has 0 radical (unpaired) electrons. The zero-order valence-corrected chi connectivity index (χ0v) is 14.8. The molecule has 1 aliphatic rings. The summed E-state index contributed by atoms with van der Waals surface area (Å²) in [6.07, 6.45) is 5.90. The van der Waals surface area contributed by atoms with Crippen LogP contribution in [0.15, 0.2) is 29.4 Å². The van der Waals surface area contributed by atoms with E-state index < -0.39 is 0 Å². The Labute approximate surface area is 150 Å². The topological polar surface area (TPSA) is 85.8 Å². The molecule has 1 aromatic carbocycles. The molecule has 2 aromatic rings. The van der Waals surface area contributed by atoms with Crippen molar-refractivity contribution < 1.29 is 4.79 Å². The van der Waals surface area contributed by atoms with Gasteiger partial charge in [0.2, 0.25) is 11.1 Å². The van der Waals surface area contributed by atoms with Crippen LogP contribution in [0.3, 0.4) is 0 Å². The van der Waals surface area contributed by atoms with Crippen molar-refractivity contribution in [2.75, 3.05) is 16.9 Å². The number of halogens is 1. The largest absolute Gasteiger partial charge is 0.336 e. The maximum absolute atomic E-state index is 12.1. The highest BCUT2D eigenvalue weighted by Crippen LogP contribution is 2.32. The maximum Gasteiger partial charge on any atom is 0.234 e. The number of nitrogens with two attached hydrogens (primary N) is 1. The van der Waals surface area contributed by atoms with Crippen LogP contribution in [0.25, 0.3) is 0 Å². The molecule has 0 spiro atoms. The number of amides is 1. The summed E-state index contributed by atoms with van der Waals surface area (Å²) >= 11 is 7.31. The molecule has 1 heterocycles. The van der Waals surface area contributed by atoms with Crippen LogP contribution < -0.4 is 11.2 Å². The van der Waals surface area contributed by atoms with Crippen LogP contribution in [-0.2, 0) is 4.79 Å². The molecule has 1 saturated carbocycles. The maximum atomic E-state index is 12.1. The van der Waals surface area contributed by atoms with Gasteiger partial charge in [0.05, 0.1) is 16.5 Å². The van der Waals surface area contributed by atoms with E-state index in [1.807, 2.05) is 12.1 Å². The fraction of sp³-hybridized carbons (Fsp3) is 0.438. The summed E-state index contributed by atoms with van der Waals surface area (Å²) in [7, 11) is 0. The van der Waals surface area contributed by atoms with Crippen LogP contribution in [0.1, 0.15) is 43.8 Å². The second kappa shape index (κ2) is 7.90. The molecule has 8 heteroatoms. The molecule has 1 aliphatic carbocycles. The molecule has 3 rings (SSSR count). The average molecular weight is 366 g/mol. The zero-order chi connectivity index (χ0) is 16.9. The van der Waals surface area contributed by atoms with E-state index in [9.17, 15) is 4.79 Å². The number of benzene rings is 1. The molecule has 6 nitrogen and oxygen atoms in total. The summed E-state index contributed by atoms with van der Waals surface area (Å²) in [4.78, 5) is 12.1. The summed E-state index contributed by atoms with van der Waals surface area (Å²) in [6.45, 7) is 0. The predicted octanol–water partition coefficient (Wildman–Crippen LogP) is 3.42. The highest BCUT2D eigenvalue weighted by atomic mass is 35.5. The van der Waals surface area contributed by atoms with Gasteiger partial charge < -0.3 is 11.2 Å². The van der Waals surface area contributed by atoms with E-state index in [-0.39, 0.29) is 11.7 Å². The lowest BCUT2D eigenvalue weighted by atomic mass is 9.89. The summed E-state index contributed by atoms with van der Waals surface area (Å²) < 4.78 is 1.53. The van der Waals surface area contributed by atoms with E-state index >= 15 is 0 Å². The third kappa shape index (κ3) is 4.02. The highest BCUT2D eigenvalue weighted by molar-refractivity contribution is 7.99. The van der Waals surface area contributed by atoms with Crippen molar-refractivity contribution in [3.8, 4) is 0 Å². The van der Waals surface area contributed by atoms with Crippen LogP contribution in [0.2, 0.25) is 5.02 Å². The Morgan fingerprint density at radius 3 is 2.79 bits per heavy atom. The smallest absolute Gasteiger partial charge is 0.234 e. The van der Waals surface area contributed by atoms with E-state index in [0.29, 0.717) is 21.8 Å². The number of anilines is 1. The minimum Gasteiger partial charge on any atom is -0.336 e. The highest BCUT2D eigenvalue weighted by Gasteiger charge is 2.22. The third-order valence-electron chi connectivity index (χ3n) is 4.14. The fourth-order valence-corrected chi connectivity index (χ4v) is 3.75. The number of hydrogen-bond donors (Lipinski definition) is 2. The molecule has 0 saturated heterocycles. The number of aromatic nitrogens is 3. The lowest BCUT2D eigenvalue weighted by Gasteiger charge is -2.20. The SMILES string of the molecule is Nn1c(SCC(=O)Nc2ccccc2Cl)nnc1C1CCCCC1. The molecular weight excluding hydrogens is 346 g/mol. The van der Waals surface area contributed by atoms with Crippen LogP contribution in [0.5, 0.6) is 0 Å². The van der Waals surface area contributed by atoms with Crippen molar-refractivity contribution in [2.45, 2.75) is 43.2 Å². The number of rotatable bonds is 5. The van der Waals surface area contributed by atoms with Gasteiger partial charge in [-0.05, 0) is 25.0 Å². The number of carbonyl (C=O) groups is 1. The van der Waals surface area contributed by atoms with Crippen LogP contribution in [0.4, 0.5) is 5.69 Å². The summed E-state index contributed by atoms with van der Waals surface area (Å²) in [6, 6.07) is 7.13. The van der Waals surface area contributed by atoms with E-state index in [2.05, 4.69) is 15.5 Å². The van der Waals surface area contributed by atoms with Gasteiger partial charge in [0.25, 0.3) is 0 Å². The first-order valence-corrected chi connectivity index (χ1v) is 9.39. The molecule has 0 atom stereocenters. The van der Waals surface area contributed by atoms with Crippen molar-refractivity contribution in [2.24, 2.45) is 0 Å². The summed E-state index contributed by atoms with van der Waals surface area (Å²) in [5.74, 6) is 7.36. The predicted molar refractivity (Wildman–Crippen MR) is 96.8 cm³/mol. The molecule has 1 fully saturated rings. The van der Waals surface area contributed by atoms with Gasteiger partial charge in [-0.15, -0.1) is 10.2 Å². The first-order chi connectivity index (χ1) is 11.6. The molecule has 3 N–H and O–H groups in total. The third-order valence-corrected chi connectivity index (χ3v) is 5.41. The summed E-state index contributed by atoms with van der Waals surface area (Å²) in [5, 5.41) is 12.2. The van der Waals surface area contributed by atoms with E-state index in [1.54, 1.807) is 12.1 Å². The van der Waals surface area contributed by atoms with Crippen LogP contribution >= 0.6 is 23.4 Å². The Morgan fingerprint density at radius 2 is 2.04 bits per heavy atom. The van der Waals surface area contributed by atoms with Crippen molar-refractivity contribution in [3.05, 3.63) is 35.1 Å². The number of hydrogen-bond acceptors (Lipinski definition) is 5. The molecule has 0 bridgehead atoms. The normalized spacial score (nSPS) is 15.4. The summed E-state index contributed by atoms with van der Waals surface area (Å²) in [5.41, 5.74) is 0.599. The number of para-hydroxylation sites is 1. The van der Waals surface area contributed by atoms with Crippen molar-refractivity contribution >= 4 is 35.0 Å². The van der Waals surface area contributed by atoms with Gasteiger partial charge in [0.15, 0.2) is 5.82 Å². The second-order valence-corrected chi connectivity index (χ2v) is 7.21. The van der Waals surface area contributed by atoms with Gasteiger partial charge in [0.1, 0.15) is 0 Å². The second-order valence-electron chi connectivity index (χ2n) is 5.86. The number of nitrogens with zero attached hydrogens (tertiary/aromatic N) is 3. The van der Waals surface area contributed by atoms with Gasteiger partial charge in [-0.3, -0.25) is 4.79 Å². The minimum absolute atomic E-state index is 0.157. The lowest BCUT2D eigenvalue weighted by molar-refractivity contribution is -0.113. The van der Waals surface area contributed by atoms with E-state index in [1.165, 1.54) is 35.7 Å². The molecule has 1 amide bonds. The first kappa shape index (κ1) is 17.1. The van der Waals surface area contributed by atoms with Gasteiger partial charge in [-0.1, -0.05) is 54.8 Å². The van der Waals surface area contributed by atoms with Crippen LogP contribution in [0, 0.1) is 0 Å². The number of nitrogens with one attached hydrogen (secondary N) is 1. The number of carbonyl (C=O) groups excluding carboxylic acids is 1. The molecular formula is C16H20ClN5OS. The molecule has 0 unspecified atom stereocenters. The average Bonchev–Trinajstić information content (AvgIpc) is 2.97. The van der Waals surface area contributed by atoms with Gasteiger partial charge >= 0.3 is 0 Å². The molecule has 0 aliphatic heterocycles. The monoisotopic (exact) mass is 365 g/mol. The Morgan fingerprint density at radius 1 is 1.29 bits per heavy atom. The Balaban J connectivity index is 1.57. The van der Waals surface area contributed by atoms with E-state index in [0.717, 1.165) is 18.7 Å². The van der Waals surface area contributed by atoms with Crippen molar-refractivity contribution in [1.29, 1.82) is 0 Å². The van der Waals surface area contributed by atoms with Crippen molar-refractivity contribution in [1.82, 2.24) is 14.9 Å². The Kier molecular flexibility index (Phi) is 5.63. The van der Waals surface area contributed by atoms with Crippen molar-refractivity contribution in [3.63, 3.8) is 0 Å². The number of thioether (sulfide) groups is 1. The van der Waals surface area contributed by atoms with Gasteiger partial charge in [0, 0.05) is 5.92 Å². The fourth-order valence-electron chi connectivity index (χ4n) is 2.90. The molecule has 24 heavy (non-hydrogen) atoms. The first-order valence-electron chi connectivity index (χ1n) is 8.02. The quantitative estimate of drug-likeness (QED) is 0.626. The Bertz CT molecular complexity index is 714. The zero-order valence-electron chi connectivity index (χ0n) is 13.2. The van der Waals surface area contributed by atoms with E-state index in [4.69, 9.17) is 17.4 Å². The number of nitrogen functional groups attached to an aromatic ring is 1. The van der Waals surface area contributed by atoms with Crippen LogP contribution in [-0.4, -0.2) is 26.5 Å².